The number of carbonyl (C=O) groups is 1. The number of benzene rings is 1. The van der Waals surface area contributed by atoms with Crippen LogP contribution < -0.4 is 5.32 Å². The number of nitrogens with one attached hydrogen (secondary N) is 1. The number of hydrogen-bond donors (Lipinski definition) is 1. The summed E-state index contributed by atoms with van der Waals surface area (Å²) in [5.41, 5.74) is 1.26. The molecule has 3 heteroatoms. The van der Waals surface area contributed by atoms with Crippen LogP contribution in [-0.2, 0) is 4.79 Å². The summed E-state index contributed by atoms with van der Waals surface area (Å²) in [6.07, 6.45) is 0.588. The molecule has 2 unspecified atom stereocenters. The molecule has 0 spiro atoms. The van der Waals surface area contributed by atoms with Crippen molar-refractivity contribution in [1.82, 2.24) is 10.2 Å². The normalized spacial score (nSPS) is 23.7. The van der Waals surface area contributed by atoms with E-state index < -0.39 is 0 Å². The molecule has 0 aliphatic carbocycles. The van der Waals surface area contributed by atoms with Gasteiger partial charge in [-0.15, -0.1) is 0 Å². The van der Waals surface area contributed by atoms with Gasteiger partial charge >= 0.3 is 0 Å². The van der Waals surface area contributed by atoms with Crippen LogP contribution >= 0.6 is 0 Å². The second-order valence-electron chi connectivity index (χ2n) is 5.58. The monoisotopic (exact) mass is 260 g/mol. The molecule has 0 saturated carbocycles. The molecule has 0 bridgehead atoms. The molecule has 19 heavy (non-hydrogen) atoms. The van der Waals surface area contributed by atoms with Gasteiger partial charge in [-0.05, 0) is 11.5 Å². The van der Waals surface area contributed by atoms with Crippen LogP contribution in [0.1, 0.15) is 38.8 Å². The van der Waals surface area contributed by atoms with E-state index in [1.807, 2.05) is 13.0 Å². The lowest BCUT2D eigenvalue weighted by atomic mass is 9.95. The molecule has 2 atom stereocenters. The molecular weight excluding hydrogens is 236 g/mol. The maximum absolute atomic E-state index is 12.2. The van der Waals surface area contributed by atoms with E-state index in [4.69, 9.17) is 0 Å². The summed E-state index contributed by atoms with van der Waals surface area (Å²) in [6.45, 7) is 7.97. The Labute approximate surface area is 116 Å². The Morgan fingerprint density at radius 2 is 2.05 bits per heavy atom. The maximum Gasteiger partial charge on any atom is 0.222 e. The average molecular weight is 260 g/mol. The highest BCUT2D eigenvalue weighted by molar-refractivity contribution is 5.76. The first-order chi connectivity index (χ1) is 9.13. The van der Waals surface area contributed by atoms with Crippen LogP contribution in [0.25, 0.3) is 0 Å². The van der Waals surface area contributed by atoms with Gasteiger partial charge in [-0.2, -0.15) is 0 Å². The van der Waals surface area contributed by atoms with E-state index in [0.717, 1.165) is 13.1 Å². The minimum Gasteiger partial charge on any atom is -0.336 e. The van der Waals surface area contributed by atoms with Gasteiger partial charge in [0.1, 0.15) is 0 Å². The highest BCUT2D eigenvalue weighted by atomic mass is 16.2. The van der Waals surface area contributed by atoms with E-state index in [9.17, 15) is 4.79 Å². The smallest absolute Gasteiger partial charge is 0.222 e. The first-order valence-electron chi connectivity index (χ1n) is 7.21. The fraction of sp³-hybridized carbons (Fsp3) is 0.562. The van der Waals surface area contributed by atoms with Crippen molar-refractivity contribution in [2.24, 2.45) is 5.92 Å². The first-order valence-corrected chi connectivity index (χ1v) is 7.21. The van der Waals surface area contributed by atoms with Crippen molar-refractivity contribution in [3.05, 3.63) is 35.9 Å². The lowest BCUT2D eigenvalue weighted by molar-refractivity contribution is -0.136. The zero-order valence-electron chi connectivity index (χ0n) is 12.1. The third kappa shape index (κ3) is 3.16. The van der Waals surface area contributed by atoms with Gasteiger partial charge in [0.15, 0.2) is 0 Å². The second kappa shape index (κ2) is 6.20. The maximum atomic E-state index is 12.2. The molecule has 1 fully saturated rings. The number of nitrogens with zero attached hydrogens (tertiary/aromatic N) is 1. The van der Waals surface area contributed by atoms with Crippen LogP contribution in [0, 0.1) is 5.92 Å². The first kappa shape index (κ1) is 14.1. The Balaban J connectivity index is 2.15. The minimum absolute atomic E-state index is 0.256. The molecule has 104 valence electrons. The predicted molar refractivity (Wildman–Crippen MR) is 77.8 cm³/mol. The van der Waals surface area contributed by atoms with Gasteiger partial charge < -0.3 is 10.2 Å². The molecule has 1 aromatic carbocycles. The Hall–Kier alpha value is -1.35. The standard InChI is InChI=1S/C16H24N2O/c1-4-16(19)18-11-14(13-8-6-5-7-9-13)17-10-15(18)12(2)3/h5-9,12,14-15,17H,4,10-11H2,1-3H3. The van der Waals surface area contributed by atoms with E-state index in [1.165, 1.54) is 5.56 Å². The van der Waals surface area contributed by atoms with Gasteiger partial charge in [-0.25, -0.2) is 0 Å². The summed E-state index contributed by atoms with van der Waals surface area (Å²) in [6, 6.07) is 11.0. The van der Waals surface area contributed by atoms with Crippen LogP contribution in [0.3, 0.4) is 0 Å². The van der Waals surface area contributed by atoms with Gasteiger partial charge in [-0.3, -0.25) is 4.79 Å². The van der Waals surface area contributed by atoms with E-state index in [0.29, 0.717) is 18.4 Å². The fourth-order valence-electron chi connectivity index (χ4n) is 2.76. The zero-order valence-corrected chi connectivity index (χ0v) is 12.1. The highest BCUT2D eigenvalue weighted by Crippen LogP contribution is 2.23. The predicted octanol–water partition coefficient (Wildman–Crippen LogP) is 2.59. The molecule has 3 nitrogen and oxygen atoms in total. The zero-order chi connectivity index (χ0) is 13.8. The van der Waals surface area contributed by atoms with Crippen molar-refractivity contribution >= 4 is 5.91 Å². The Kier molecular flexibility index (Phi) is 4.59. The van der Waals surface area contributed by atoms with Gasteiger partial charge in [0, 0.05) is 31.6 Å². The number of amides is 1. The molecule has 1 aliphatic heterocycles. The summed E-state index contributed by atoms with van der Waals surface area (Å²) >= 11 is 0. The van der Waals surface area contributed by atoms with Gasteiger partial charge in [0.25, 0.3) is 0 Å². The molecule has 2 rings (SSSR count). The molecule has 1 heterocycles. The molecule has 1 saturated heterocycles. The SMILES string of the molecule is CCC(=O)N1CC(c2ccccc2)NCC1C(C)C. The minimum atomic E-state index is 0.256. The Morgan fingerprint density at radius 1 is 1.37 bits per heavy atom. The fourth-order valence-corrected chi connectivity index (χ4v) is 2.76. The lowest BCUT2D eigenvalue weighted by Crippen LogP contribution is -2.56. The van der Waals surface area contributed by atoms with E-state index in [1.54, 1.807) is 0 Å². The molecule has 0 radical (unpaired) electrons. The quantitative estimate of drug-likeness (QED) is 0.906. The summed E-state index contributed by atoms with van der Waals surface area (Å²) in [5.74, 6) is 0.751. The summed E-state index contributed by atoms with van der Waals surface area (Å²) in [4.78, 5) is 14.2. The van der Waals surface area contributed by atoms with Crippen LogP contribution in [0.5, 0.6) is 0 Å². The lowest BCUT2D eigenvalue weighted by Gasteiger charge is -2.42. The second-order valence-corrected chi connectivity index (χ2v) is 5.58. The van der Waals surface area contributed by atoms with E-state index >= 15 is 0 Å². The average Bonchev–Trinajstić information content (AvgIpc) is 2.46. The van der Waals surface area contributed by atoms with Gasteiger partial charge in [0.2, 0.25) is 5.91 Å². The van der Waals surface area contributed by atoms with Gasteiger partial charge in [-0.1, -0.05) is 51.1 Å². The number of rotatable bonds is 3. The van der Waals surface area contributed by atoms with E-state index in [-0.39, 0.29) is 11.9 Å². The third-order valence-corrected chi connectivity index (χ3v) is 3.95. The van der Waals surface area contributed by atoms with Crippen molar-refractivity contribution in [3.63, 3.8) is 0 Å². The number of hydrogen-bond acceptors (Lipinski definition) is 2. The highest BCUT2D eigenvalue weighted by Gasteiger charge is 2.32. The van der Waals surface area contributed by atoms with Crippen molar-refractivity contribution in [1.29, 1.82) is 0 Å². The number of piperazine rings is 1. The van der Waals surface area contributed by atoms with Crippen LogP contribution in [-0.4, -0.2) is 29.9 Å². The molecule has 0 aromatic heterocycles. The van der Waals surface area contributed by atoms with Crippen LogP contribution in [0.15, 0.2) is 30.3 Å². The summed E-state index contributed by atoms with van der Waals surface area (Å²) in [5, 5.41) is 3.58. The molecule has 1 amide bonds. The molecule has 1 aromatic rings. The molecular formula is C16H24N2O. The van der Waals surface area contributed by atoms with Crippen molar-refractivity contribution < 1.29 is 4.79 Å². The van der Waals surface area contributed by atoms with Crippen molar-refractivity contribution in [2.75, 3.05) is 13.1 Å². The topological polar surface area (TPSA) is 32.3 Å². The third-order valence-electron chi connectivity index (χ3n) is 3.95. The summed E-state index contributed by atoms with van der Waals surface area (Å²) < 4.78 is 0. The number of carbonyl (C=O) groups excluding carboxylic acids is 1. The van der Waals surface area contributed by atoms with E-state index in [2.05, 4.69) is 48.3 Å². The Morgan fingerprint density at radius 3 is 2.63 bits per heavy atom. The molecule has 1 aliphatic rings. The largest absolute Gasteiger partial charge is 0.336 e. The summed E-state index contributed by atoms with van der Waals surface area (Å²) in [7, 11) is 0. The van der Waals surface area contributed by atoms with Crippen LogP contribution in [0.4, 0.5) is 0 Å². The van der Waals surface area contributed by atoms with Crippen molar-refractivity contribution in [2.45, 2.75) is 39.3 Å². The van der Waals surface area contributed by atoms with Crippen LogP contribution in [0.2, 0.25) is 0 Å². The Bertz CT molecular complexity index is 416. The molecule has 1 N–H and O–H groups in total. The van der Waals surface area contributed by atoms with Gasteiger partial charge in [0.05, 0.1) is 0 Å². The van der Waals surface area contributed by atoms with Crippen molar-refractivity contribution in [3.8, 4) is 0 Å².